The second-order valence-electron chi connectivity index (χ2n) is 7.20. The van der Waals surface area contributed by atoms with Gasteiger partial charge in [-0.3, -0.25) is 9.67 Å². The number of hydrogen-bond donors (Lipinski definition) is 1. The first-order chi connectivity index (χ1) is 12.6. The van der Waals surface area contributed by atoms with Crippen LogP contribution in [0, 0.1) is 0 Å². The molecular weight excluding hydrogens is 324 g/mol. The van der Waals surface area contributed by atoms with E-state index in [4.69, 9.17) is 0 Å². The molecule has 140 valence electrons. The number of aromatic nitrogens is 2. The summed E-state index contributed by atoms with van der Waals surface area (Å²) in [6, 6.07) is 10.9. The lowest BCUT2D eigenvalue weighted by Gasteiger charge is -2.28. The molecule has 1 aromatic carbocycles. The van der Waals surface area contributed by atoms with E-state index in [1.807, 2.05) is 25.0 Å². The van der Waals surface area contributed by atoms with E-state index < -0.39 is 0 Å². The van der Waals surface area contributed by atoms with E-state index >= 15 is 0 Å². The van der Waals surface area contributed by atoms with Crippen molar-refractivity contribution in [2.75, 3.05) is 40.8 Å². The largest absolute Gasteiger partial charge is 0.354 e. The second-order valence-corrected chi connectivity index (χ2v) is 7.20. The van der Waals surface area contributed by atoms with Crippen LogP contribution in [-0.2, 0) is 7.05 Å². The van der Waals surface area contributed by atoms with E-state index in [0.717, 1.165) is 32.0 Å². The van der Waals surface area contributed by atoms with Crippen molar-refractivity contribution in [3.05, 3.63) is 53.9 Å². The van der Waals surface area contributed by atoms with Crippen LogP contribution >= 0.6 is 0 Å². The summed E-state index contributed by atoms with van der Waals surface area (Å²) in [5, 5.41) is 7.89. The smallest absolute Gasteiger partial charge is 0.193 e. The van der Waals surface area contributed by atoms with E-state index in [1.165, 1.54) is 11.1 Å². The Balaban J connectivity index is 1.61. The molecule has 1 aliphatic heterocycles. The van der Waals surface area contributed by atoms with E-state index in [2.05, 4.69) is 75.8 Å². The first kappa shape index (κ1) is 18.5. The number of guanidine groups is 1. The number of nitrogens with zero attached hydrogens (tertiary/aromatic N) is 5. The number of aryl methyl sites for hydroxylation is 1. The zero-order valence-electron chi connectivity index (χ0n) is 16.3. The van der Waals surface area contributed by atoms with Gasteiger partial charge in [-0.05, 0) is 31.6 Å². The molecule has 3 rings (SSSR count). The van der Waals surface area contributed by atoms with Crippen LogP contribution in [0.15, 0.2) is 47.7 Å². The molecule has 1 aliphatic rings. The van der Waals surface area contributed by atoms with Crippen molar-refractivity contribution in [1.82, 2.24) is 24.9 Å². The number of nitrogens with one attached hydrogen (secondary N) is 1. The third-order valence-corrected chi connectivity index (χ3v) is 5.16. The van der Waals surface area contributed by atoms with Gasteiger partial charge in [0.15, 0.2) is 5.96 Å². The van der Waals surface area contributed by atoms with E-state index in [9.17, 15) is 0 Å². The summed E-state index contributed by atoms with van der Waals surface area (Å²) in [6.07, 6.45) is 5.26. The van der Waals surface area contributed by atoms with Crippen molar-refractivity contribution in [2.45, 2.75) is 18.4 Å². The van der Waals surface area contributed by atoms with Crippen LogP contribution in [0.25, 0.3) is 0 Å². The van der Waals surface area contributed by atoms with Crippen molar-refractivity contribution >= 4 is 5.96 Å². The Morgan fingerprint density at radius 1 is 1.35 bits per heavy atom. The first-order valence-electron chi connectivity index (χ1n) is 9.24. The van der Waals surface area contributed by atoms with Crippen molar-refractivity contribution in [2.24, 2.45) is 12.0 Å². The van der Waals surface area contributed by atoms with Crippen molar-refractivity contribution in [3.63, 3.8) is 0 Å². The molecule has 0 amide bonds. The number of rotatable bonds is 5. The lowest BCUT2D eigenvalue weighted by atomic mass is 10.0. The van der Waals surface area contributed by atoms with Gasteiger partial charge in [0.2, 0.25) is 0 Å². The van der Waals surface area contributed by atoms with Crippen LogP contribution in [0.2, 0.25) is 0 Å². The Morgan fingerprint density at radius 2 is 2.12 bits per heavy atom. The van der Waals surface area contributed by atoms with Crippen LogP contribution in [0.5, 0.6) is 0 Å². The van der Waals surface area contributed by atoms with Crippen LogP contribution in [0.4, 0.5) is 0 Å². The molecule has 0 radical (unpaired) electrons. The Bertz CT molecular complexity index is 721. The molecule has 6 heteroatoms. The zero-order chi connectivity index (χ0) is 18.5. The minimum Gasteiger partial charge on any atom is -0.354 e. The van der Waals surface area contributed by atoms with Crippen LogP contribution < -0.4 is 5.32 Å². The maximum Gasteiger partial charge on any atom is 0.193 e. The average molecular weight is 355 g/mol. The normalized spacial score (nSPS) is 19.2. The Labute approximate surface area is 156 Å². The summed E-state index contributed by atoms with van der Waals surface area (Å²) in [6.45, 7) is 2.85. The van der Waals surface area contributed by atoms with Gasteiger partial charge in [-0.2, -0.15) is 5.10 Å². The molecule has 1 aromatic heterocycles. The molecule has 0 saturated carbocycles. The lowest BCUT2D eigenvalue weighted by Crippen LogP contribution is -2.43. The van der Waals surface area contributed by atoms with Crippen LogP contribution in [0.1, 0.15) is 29.5 Å². The van der Waals surface area contributed by atoms with Gasteiger partial charge in [0.05, 0.1) is 12.2 Å². The molecule has 2 heterocycles. The van der Waals surface area contributed by atoms with Crippen LogP contribution in [0.3, 0.4) is 0 Å². The minimum absolute atomic E-state index is 0.310. The fourth-order valence-electron chi connectivity index (χ4n) is 3.67. The number of likely N-dealkylation sites (tertiary alicyclic amines) is 1. The van der Waals surface area contributed by atoms with Gasteiger partial charge in [-0.15, -0.1) is 0 Å². The van der Waals surface area contributed by atoms with Crippen molar-refractivity contribution in [3.8, 4) is 0 Å². The standard InChI is InChI=1S/C20H30N6/c1-21-20(22-13-19(24(2)3)16-8-6-5-7-9-16)26-11-10-17(15-26)18-12-23-25(4)14-18/h5-9,12,14,17,19H,10-11,13,15H2,1-4H3,(H,21,22). The van der Waals surface area contributed by atoms with Gasteiger partial charge in [-0.1, -0.05) is 30.3 Å². The summed E-state index contributed by atoms with van der Waals surface area (Å²) in [7, 11) is 8.08. The molecule has 6 nitrogen and oxygen atoms in total. The molecule has 2 unspecified atom stereocenters. The fraction of sp³-hybridized carbons (Fsp3) is 0.500. The second kappa shape index (κ2) is 8.36. The number of likely N-dealkylation sites (N-methyl/N-ethyl adjacent to an activating group) is 1. The Kier molecular flexibility index (Phi) is 5.93. The van der Waals surface area contributed by atoms with Crippen LogP contribution in [-0.4, -0.2) is 66.3 Å². The van der Waals surface area contributed by atoms with Gasteiger partial charge in [0, 0.05) is 45.8 Å². The summed E-state index contributed by atoms with van der Waals surface area (Å²) in [4.78, 5) is 9.13. The maximum atomic E-state index is 4.52. The lowest BCUT2D eigenvalue weighted by molar-refractivity contribution is 0.295. The Hall–Kier alpha value is -2.34. The van der Waals surface area contributed by atoms with Gasteiger partial charge in [0.1, 0.15) is 0 Å². The quantitative estimate of drug-likeness (QED) is 0.660. The molecule has 2 atom stereocenters. The average Bonchev–Trinajstić information content (AvgIpc) is 3.28. The van der Waals surface area contributed by atoms with Gasteiger partial charge in [-0.25, -0.2) is 0 Å². The fourth-order valence-corrected chi connectivity index (χ4v) is 3.67. The first-order valence-corrected chi connectivity index (χ1v) is 9.24. The van der Waals surface area contributed by atoms with Gasteiger partial charge < -0.3 is 15.1 Å². The predicted molar refractivity (Wildman–Crippen MR) is 106 cm³/mol. The highest BCUT2D eigenvalue weighted by Crippen LogP contribution is 2.26. The molecular formula is C20H30N6. The highest BCUT2D eigenvalue weighted by atomic mass is 15.3. The maximum absolute atomic E-state index is 4.52. The van der Waals surface area contributed by atoms with E-state index in [1.54, 1.807) is 0 Å². The summed E-state index contributed by atoms with van der Waals surface area (Å²) < 4.78 is 1.88. The van der Waals surface area contributed by atoms with Gasteiger partial charge in [0.25, 0.3) is 0 Å². The highest BCUT2D eigenvalue weighted by molar-refractivity contribution is 5.80. The van der Waals surface area contributed by atoms with Gasteiger partial charge >= 0.3 is 0 Å². The monoisotopic (exact) mass is 354 g/mol. The molecule has 0 aliphatic carbocycles. The zero-order valence-corrected chi connectivity index (χ0v) is 16.3. The minimum atomic E-state index is 0.310. The molecule has 1 fully saturated rings. The third kappa shape index (κ3) is 4.25. The molecule has 1 saturated heterocycles. The third-order valence-electron chi connectivity index (χ3n) is 5.16. The summed E-state index contributed by atoms with van der Waals surface area (Å²) in [5.74, 6) is 1.51. The SMILES string of the molecule is CN=C(NCC(c1ccccc1)N(C)C)N1CCC(c2cnn(C)c2)C1. The number of aliphatic imine (C=N–C) groups is 1. The predicted octanol–water partition coefficient (Wildman–Crippen LogP) is 2.09. The summed E-state index contributed by atoms with van der Waals surface area (Å²) in [5.41, 5.74) is 2.64. The molecule has 26 heavy (non-hydrogen) atoms. The van der Waals surface area contributed by atoms with E-state index in [-0.39, 0.29) is 0 Å². The molecule has 0 spiro atoms. The topological polar surface area (TPSA) is 48.7 Å². The van der Waals surface area contributed by atoms with Crippen molar-refractivity contribution in [1.29, 1.82) is 0 Å². The Morgan fingerprint density at radius 3 is 2.73 bits per heavy atom. The molecule has 0 bridgehead atoms. The van der Waals surface area contributed by atoms with E-state index in [0.29, 0.717) is 12.0 Å². The van der Waals surface area contributed by atoms with Crippen molar-refractivity contribution < 1.29 is 0 Å². The highest BCUT2D eigenvalue weighted by Gasteiger charge is 2.27. The number of benzene rings is 1. The molecule has 2 aromatic rings. The molecule has 1 N–H and O–H groups in total. The number of hydrogen-bond acceptors (Lipinski definition) is 3. The summed E-state index contributed by atoms with van der Waals surface area (Å²) >= 11 is 0.